The highest BCUT2D eigenvalue weighted by atomic mass is 35.5. The van der Waals surface area contributed by atoms with Crippen molar-refractivity contribution in [3.63, 3.8) is 0 Å². The maximum absolute atomic E-state index is 13.4. The zero-order valence-corrected chi connectivity index (χ0v) is 22.2. The smallest absolute Gasteiger partial charge is 0.255 e. The van der Waals surface area contributed by atoms with E-state index in [1.165, 1.54) is 11.6 Å². The number of benzene rings is 1. The number of carbonyl (C=O) groups excluding carboxylic acids is 2. The van der Waals surface area contributed by atoms with Crippen LogP contribution in [0.2, 0.25) is 0 Å². The first-order chi connectivity index (χ1) is 16.1. The molecule has 10 heteroatoms. The number of hydrogen-bond acceptors (Lipinski definition) is 6. The lowest BCUT2D eigenvalue weighted by molar-refractivity contribution is -0.120. The van der Waals surface area contributed by atoms with Gasteiger partial charge in [-0.25, -0.2) is 13.4 Å². The molecule has 0 radical (unpaired) electrons. The first-order valence-electron chi connectivity index (χ1n) is 11.7. The van der Waals surface area contributed by atoms with Crippen LogP contribution in [-0.4, -0.2) is 69.1 Å². The molecular formula is C25H33ClN4O4S. The molecule has 4 rings (SSSR count). The molecule has 1 unspecified atom stereocenters. The Morgan fingerprint density at radius 3 is 2.40 bits per heavy atom. The van der Waals surface area contributed by atoms with Gasteiger partial charge in [0.05, 0.1) is 16.4 Å². The minimum absolute atomic E-state index is 0. The summed E-state index contributed by atoms with van der Waals surface area (Å²) in [6.45, 7) is 8.84. The van der Waals surface area contributed by atoms with E-state index in [-0.39, 0.29) is 40.6 Å². The average Bonchev–Trinajstić information content (AvgIpc) is 3.15. The van der Waals surface area contributed by atoms with E-state index < -0.39 is 15.8 Å². The second kappa shape index (κ2) is 10.5. The number of carbonyl (C=O) groups is 2. The molecule has 2 saturated heterocycles. The summed E-state index contributed by atoms with van der Waals surface area (Å²) in [7, 11) is -3.67. The van der Waals surface area contributed by atoms with E-state index >= 15 is 0 Å². The van der Waals surface area contributed by atoms with Gasteiger partial charge in [0.2, 0.25) is 5.91 Å². The Labute approximate surface area is 213 Å². The molecule has 35 heavy (non-hydrogen) atoms. The highest BCUT2D eigenvalue weighted by Gasteiger charge is 2.34. The van der Waals surface area contributed by atoms with Gasteiger partial charge in [-0.05, 0) is 48.1 Å². The zero-order chi connectivity index (χ0) is 24.6. The largest absolute Gasteiger partial charge is 0.355 e. The number of rotatable bonds is 5. The third-order valence-corrected chi connectivity index (χ3v) is 7.96. The Bertz CT molecular complexity index is 1230. The summed E-state index contributed by atoms with van der Waals surface area (Å²) in [5, 5.41) is 2.82. The van der Waals surface area contributed by atoms with Crippen molar-refractivity contribution in [2.24, 2.45) is 5.92 Å². The molecule has 1 N–H and O–H groups in total. The molecule has 2 fully saturated rings. The normalized spacial score (nSPS) is 20.4. The summed E-state index contributed by atoms with van der Waals surface area (Å²) in [6.07, 6.45) is 3.93. The zero-order valence-electron chi connectivity index (χ0n) is 20.6. The van der Waals surface area contributed by atoms with Crippen LogP contribution in [0.25, 0.3) is 0 Å². The number of anilines is 1. The van der Waals surface area contributed by atoms with Gasteiger partial charge in [-0.2, -0.15) is 0 Å². The van der Waals surface area contributed by atoms with E-state index in [9.17, 15) is 18.0 Å². The van der Waals surface area contributed by atoms with E-state index in [2.05, 4.69) is 28.2 Å². The molecule has 8 nitrogen and oxygen atoms in total. The molecule has 2 aliphatic heterocycles. The van der Waals surface area contributed by atoms with E-state index in [1.807, 2.05) is 20.0 Å². The fraction of sp³-hybridized carbons (Fsp3) is 0.480. The Balaban J connectivity index is 0.00000342. The van der Waals surface area contributed by atoms with Crippen molar-refractivity contribution in [2.75, 3.05) is 43.9 Å². The Kier molecular flexibility index (Phi) is 8.11. The van der Waals surface area contributed by atoms with Gasteiger partial charge in [0.25, 0.3) is 5.91 Å². The number of nitrogens with one attached hydrogen (secondary N) is 1. The molecular weight excluding hydrogens is 488 g/mol. The van der Waals surface area contributed by atoms with Crippen LogP contribution in [0.5, 0.6) is 0 Å². The second-order valence-electron chi connectivity index (χ2n) is 9.34. The van der Waals surface area contributed by atoms with E-state index in [0.717, 1.165) is 24.1 Å². The van der Waals surface area contributed by atoms with Crippen molar-refractivity contribution in [1.29, 1.82) is 0 Å². The summed E-state index contributed by atoms with van der Waals surface area (Å²) in [4.78, 5) is 34.1. The van der Waals surface area contributed by atoms with Crippen LogP contribution in [0.15, 0.2) is 35.4 Å². The van der Waals surface area contributed by atoms with Crippen LogP contribution in [0.1, 0.15) is 46.8 Å². The van der Waals surface area contributed by atoms with E-state index in [4.69, 9.17) is 0 Å². The third-order valence-electron chi connectivity index (χ3n) is 6.83. The number of halogens is 1. The Morgan fingerprint density at radius 2 is 1.86 bits per heavy atom. The van der Waals surface area contributed by atoms with Crippen molar-refractivity contribution in [2.45, 2.75) is 38.0 Å². The number of amides is 2. The number of sulfone groups is 1. The maximum Gasteiger partial charge on any atom is 0.255 e. The van der Waals surface area contributed by atoms with Crippen LogP contribution in [-0.2, 0) is 21.1 Å². The summed E-state index contributed by atoms with van der Waals surface area (Å²) in [5.41, 5.74) is 3.09. The van der Waals surface area contributed by atoms with E-state index in [1.54, 1.807) is 17.0 Å². The molecule has 2 amide bonds. The predicted octanol–water partition coefficient (Wildman–Crippen LogP) is 2.59. The molecule has 3 heterocycles. The lowest BCUT2D eigenvalue weighted by atomic mass is 9.89. The topological polar surface area (TPSA) is 99.7 Å². The third kappa shape index (κ3) is 5.46. The van der Waals surface area contributed by atoms with Crippen LogP contribution in [0.3, 0.4) is 0 Å². The molecule has 0 aliphatic carbocycles. The summed E-state index contributed by atoms with van der Waals surface area (Å²) < 4.78 is 25.2. The van der Waals surface area contributed by atoms with Crippen molar-refractivity contribution in [1.82, 2.24) is 15.2 Å². The van der Waals surface area contributed by atoms with Crippen LogP contribution in [0.4, 0.5) is 5.82 Å². The van der Waals surface area contributed by atoms with Crippen LogP contribution >= 0.6 is 12.4 Å². The summed E-state index contributed by atoms with van der Waals surface area (Å²) >= 11 is 0. The Morgan fingerprint density at radius 1 is 1.17 bits per heavy atom. The first kappa shape index (κ1) is 26.9. The average molecular weight is 521 g/mol. The Hall–Kier alpha value is -2.65. The molecule has 2 aromatic rings. The van der Waals surface area contributed by atoms with Gasteiger partial charge in [-0.15, -0.1) is 12.4 Å². The number of hydrogen-bond donors (Lipinski definition) is 1. The lowest BCUT2D eigenvalue weighted by Gasteiger charge is -2.36. The fourth-order valence-electron chi connectivity index (χ4n) is 4.89. The highest BCUT2D eigenvalue weighted by molar-refractivity contribution is 7.90. The van der Waals surface area contributed by atoms with Crippen molar-refractivity contribution in [3.8, 4) is 0 Å². The second-order valence-corrected chi connectivity index (χ2v) is 11.3. The number of piperazine rings is 1. The first-order valence-corrected chi connectivity index (χ1v) is 13.6. The van der Waals surface area contributed by atoms with Crippen LogP contribution in [0, 0.1) is 12.8 Å². The quantitative estimate of drug-likeness (QED) is 0.650. The highest BCUT2D eigenvalue weighted by Crippen LogP contribution is 2.32. The minimum Gasteiger partial charge on any atom is -0.355 e. The number of aryl methyl sites for hydroxylation is 2. The van der Waals surface area contributed by atoms with Gasteiger partial charge in [-0.3, -0.25) is 9.59 Å². The number of pyridine rings is 1. The molecule has 0 saturated carbocycles. The summed E-state index contributed by atoms with van der Waals surface area (Å²) in [6, 6.07) is 6.93. The maximum atomic E-state index is 13.4. The van der Waals surface area contributed by atoms with Crippen molar-refractivity contribution >= 4 is 39.9 Å². The van der Waals surface area contributed by atoms with Gasteiger partial charge < -0.3 is 15.1 Å². The van der Waals surface area contributed by atoms with Gasteiger partial charge in [0.15, 0.2) is 9.84 Å². The van der Waals surface area contributed by atoms with Gasteiger partial charge >= 0.3 is 0 Å². The number of aromatic nitrogens is 1. The molecule has 2 atom stereocenters. The molecule has 1 aromatic heterocycles. The van der Waals surface area contributed by atoms with E-state index in [0.29, 0.717) is 38.3 Å². The molecule has 2 aliphatic rings. The SMILES string of the molecule is CCc1cnc(N2CCN(C(=O)c3ccc([C@@H]4C(=O)NCC4C)cc3S(C)(=O)=O)CC2)c(C)c1.Cl. The fourth-order valence-corrected chi connectivity index (χ4v) is 5.79. The monoisotopic (exact) mass is 520 g/mol. The number of nitrogens with zero attached hydrogens (tertiary/aromatic N) is 3. The molecule has 190 valence electrons. The lowest BCUT2D eigenvalue weighted by Crippen LogP contribution is -2.49. The van der Waals surface area contributed by atoms with Gasteiger partial charge in [-0.1, -0.05) is 26.0 Å². The molecule has 0 bridgehead atoms. The van der Waals surface area contributed by atoms with Crippen molar-refractivity contribution in [3.05, 3.63) is 52.7 Å². The molecule has 0 spiro atoms. The molecule has 1 aromatic carbocycles. The van der Waals surface area contributed by atoms with Crippen LogP contribution < -0.4 is 10.2 Å². The van der Waals surface area contributed by atoms with Gasteiger partial charge in [0.1, 0.15) is 5.82 Å². The predicted molar refractivity (Wildman–Crippen MR) is 138 cm³/mol. The standard InChI is InChI=1S/C25H32N4O4S.ClH/c1-5-18-12-16(2)23(26-15-18)28-8-10-29(11-9-28)25(31)20-7-6-19(13-21(20)34(4,32)33)22-17(3)14-27-24(22)30;/h6-7,12-13,15,17,22H,5,8-11,14H2,1-4H3,(H,27,30);1H/t17?,22-;/m1./s1. The van der Waals surface area contributed by atoms with Gasteiger partial charge in [0, 0.05) is 45.2 Å². The van der Waals surface area contributed by atoms with Crippen molar-refractivity contribution < 1.29 is 18.0 Å². The minimum atomic E-state index is -3.67. The summed E-state index contributed by atoms with van der Waals surface area (Å²) in [5.74, 6) is 0.148.